The number of carbonyl (C=O) groups excluding carboxylic acids is 2. The van der Waals surface area contributed by atoms with Crippen molar-refractivity contribution in [2.45, 2.75) is 37.8 Å². The van der Waals surface area contributed by atoms with Gasteiger partial charge < -0.3 is 21.1 Å². The highest BCUT2D eigenvalue weighted by molar-refractivity contribution is 5.88. The van der Waals surface area contributed by atoms with Crippen LogP contribution in [0.15, 0.2) is 0 Å². The minimum absolute atomic E-state index is 0.108. The van der Waals surface area contributed by atoms with Crippen molar-refractivity contribution in [3.63, 3.8) is 0 Å². The number of piperidine rings is 2. The summed E-state index contributed by atoms with van der Waals surface area (Å²) in [6.45, 7) is 1.49. The normalized spacial score (nSPS) is 35.5. The van der Waals surface area contributed by atoms with Gasteiger partial charge in [0, 0.05) is 12.5 Å². The predicted molar refractivity (Wildman–Crippen MR) is 73.3 cm³/mol. The number of nitrogens with one attached hydrogen (secondary N) is 3. The van der Waals surface area contributed by atoms with Crippen molar-refractivity contribution in [2.24, 2.45) is 17.8 Å². The monoisotopic (exact) mass is 295 g/mol. The zero-order chi connectivity index (χ0) is 15.0. The van der Waals surface area contributed by atoms with Gasteiger partial charge in [0.2, 0.25) is 11.8 Å². The van der Waals surface area contributed by atoms with Crippen LogP contribution in [-0.4, -0.2) is 48.1 Å². The predicted octanol–water partition coefficient (Wildman–Crippen LogP) is -0.920. The maximum absolute atomic E-state index is 12.2. The number of fused-ring (bicyclic) bond motifs is 1. The van der Waals surface area contributed by atoms with E-state index in [2.05, 4.69) is 16.0 Å². The van der Waals surface area contributed by atoms with Gasteiger partial charge in [0.05, 0.1) is 6.04 Å². The van der Waals surface area contributed by atoms with Crippen LogP contribution in [0.1, 0.15) is 25.7 Å². The number of carbonyl (C=O) groups is 3. The summed E-state index contributed by atoms with van der Waals surface area (Å²) in [5.74, 6) is -0.824. The fourth-order valence-electron chi connectivity index (χ4n) is 3.46. The summed E-state index contributed by atoms with van der Waals surface area (Å²) >= 11 is 0. The molecule has 2 saturated heterocycles. The van der Waals surface area contributed by atoms with E-state index in [1.54, 1.807) is 0 Å². The Hall–Kier alpha value is -1.63. The SMILES string of the molecule is O=C1NCCC[C@H]1C[C@H](NC(=O)[C@H]1NC[C@@H]2C[C@@H]21)C(=O)O. The second kappa shape index (κ2) is 5.63. The molecular weight excluding hydrogens is 274 g/mol. The third kappa shape index (κ3) is 3.02. The molecule has 116 valence electrons. The van der Waals surface area contributed by atoms with Crippen molar-refractivity contribution in [3.8, 4) is 0 Å². The van der Waals surface area contributed by atoms with Crippen LogP contribution in [0.4, 0.5) is 0 Å². The summed E-state index contributed by atoms with van der Waals surface area (Å²) in [5.41, 5.74) is 0. The van der Waals surface area contributed by atoms with Gasteiger partial charge in [-0.15, -0.1) is 0 Å². The van der Waals surface area contributed by atoms with Crippen molar-refractivity contribution in [1.29, 1.82) is 0 Å². The van der Waals surface area contributed by atoms with E-state index in [1.807, 2.05) is 0 Å². The summed E-state index contributed by atoms with van der Waals surface area (Å²) in [5, 5.41) is 17.8. The van der Waals surface area contributed by atoms with Crippen LogP contribution >= 0.6 is 0 Å². The van der Waals surface area contributed by atoms with Crippen molar-refractivity contribution < 1.29 is 19.5 Å². The molecule has 3 fully saturated rings. The lowest BCUT2D eigenvalue weighted by molar-refractivity contribution is -0.143. The van der Waals surface area contributed by atoms with E-state index in [9.17, 15) is 19.5 Å². The summed E-state index contributed by atoms with van der Waals surface area (Å²) < 4.78 is 0. The lowest BCUT2D eigenvalue weighted by Gasteiger charge is -2.25. The molecule has 0 spiro atoms. The van der Waals surface area contributed by atoms with Crippen LogP contribution in [0.3, 0.4) is 0 Å². The first-order chi connectivity index (χ1) is 10.1. The number of hydrogen-bond acceptors (Lipinski definition) is 4. The van der Waals surface area contributed by atoms with E-state index in [1.165, 1.54) is 0 Å². The summed E-state index contributed by atoms with van der Waals surface area (Å²) in [6, 6.07) is -1.26. The quantitative estimate of drug-likeness (QED) is 0.525. The molecular formula is C14H21N3O4. The highest BCUT2D eigenvalue weighted by atomic mass is 16.4. The molecule has 5 atom stereocenters. The van der Waals surface area contributed by atoms with Gasteiger partial charge in [-0.3, -0.25) is 9.59 Å². The average molecular weight is 295 g/mol. The zero-order valence-electron chi connectivity index (χ0n) is 11.8. The molecule has 0 aromatic rings. The Morgan fingerprint density at radius 2 is 2.24 bits per heavy atom. The molecule has 1 saturated carbocycles. The molecule has 7 nitrogen and oxygen atoms in total. The van der Waals surface area contributed by atoms with Crippen LogP contribution in [0.5, 0.6) is 0 Å². The first-order valence-electron chi connectivity index (χ1n) is 7.60. The number of rotatable bonds is 5. The molecule has 0 aromatic carbocycles. The van der Waals surface area contributed by atoms with E-state index in [4.69, 9.17) is 0 Å². The minimum Gasteiger partial charge on any atom is -0.480 e. The van der Waals surface area contributed by atoms with Gasteiger partial charge in [-0.25, -0.2) is 4.79 Å². The third-order valence-electron chi connectivity index (χ3n) is 4.82. The second-order valence-electron chi connectivity index (χ2n) is 6.31. The molecule has 3 rings (SSSR count). The third-order valence-corrected chi connectivity index (χ3v) is 4.82. The summed E-state index contributed by atoms with van der Waals surface area (Å²) in [6.07, 6.45) is 2.74. The molecule has 2 amide bonds. The van der Waals surface area contributed by atoms with Gasteiger partial charge in [0.25, 0.3) is 0 Å². The Morgan fingerprint density at radius 3 is 2.81 bits per heavy atom. The van der Waals surface area contributed by atoms with E-state index in [0.29, 0.717) is 24.8 Å². The Balaban J connectivity index is 1.57. The van der Waals surface area contributed by atoms with E-state index in [-0.39, 0.29) is 30.2 Å². The average Bonchev–Trinajstić information content (AvgIpc) is 3.10. The van der Waals surface area contributed by atoms with Crippen molar-refractivity contribution in [1.82, 2.24) is 16.0 Å². The highest BCUT2D eigenvalue weighted by Gasteiger charge is 2.51. The van der Waals surface area contributed by atoms with Crippen molar-refractivity contribution in [2.75, 3.05) is 13.1 Å². The molecule has 0 radical (unpaired) electrons. The molecule has 3 aliphatic rings. The number of carboxylic acids is 1. The van der Waals surface area contributed by atoms with Gasteiger partial charge in [0.15, 0.2) is 0 Å². The van der Waals surface area contributed by atoms with Crippen LogP contribution in [0.2, 0.25) is 0 Å². The van der Waals surface area contributed by atoms with Crippen LogP contribution in [0.25, 0.3) is 0 Å². The summed E-state index contributed by atoms with van der Waals surface area (Å²) in [4.78, 5) is 35.3. The Bertz CT molecular complexity index is 467. The molecule has 2 aliphatic heterocycles. The van der Waals surface area contributed by atoms with Crippen molar-refractivity contribution in [3.05, 3.63) is 0 Å². The molecule has 1 aliphatic carbocycles. The Kier molecular flexibility index (Phi) is 3.84. The maximum atomic E-state index is 12.2. The van der Waals surface area contributed by atoms with Gasteiger partial charge in [-0.2, -0.15) is 0 Å². The molecule has 21 heavy (non-hydrogen) atoms. The number of amides is 2. The van der Waals surface area contributed by atoms with Gasteiger partial charge in [0.1, 0.15) is 6.04 Å². The van der Waals surface area contributed by atoms with E-state index in [0.717, 1.165) is 19.4 Å². The number of hydrogen-bond donors (Lipinski definition) is 4. The zero-order valence-corrected chi connectivity index (χ0v) is 11.8. The van der Waals surface area contributed by atoms with Gasteiger partial charge in [-0.05, 0) is 44.1 Å². The maximum Gasteiger partial charge on any atom is 0.326 e. The second-order valence-corrected chi connectivity index (χ2v) is 6.31. The fourth-order valence-corrected chi connectivity index (χ4v) is 3.46. The molecule has 7 heteroatoms. The van der Waals surface area contributed by atoms with Crippen LogP contribution in [0, 0.1) is 17.8 Å². The first-order valence-corrected chi connectivity index (χ1v) is 7.60. The Morgan fingerprint density at radius 1 is 1.43 bits per heavy atom. The highest BCUT2D eigenvalue weighted by Crippen LogP contribution is 2.45. The smallest absolute Gasteiger partial charge is 0.326 e. The summed E-state index contributed by atoms with van der Waals surface area (Å²) in [7, 11) is 0. The molecule has 0 unspecified atom stereocenters. The fraction of sp³-hybridized carbons (Fsp3) is 0.786. The van der Waals surface area contributed by atoms with E-state index < -0.39 is 12.0 Å². The van der Waals surface area contributed by atoms with Crippen LogP contribution in [-0.2, 0) is 14.4 Å². The number of carboxylic acid groups (broad SMARTS) is 1. The van der Waals surface area contributed by atoms with Crippen LogP contribution < -0.4 is 16.0 Å². The number of aliphatic carboxylic acids is 1. The lowest BCUT2D eigenvalue weighted by atomic mass is 9.91. The molecule has 2 heterocycles. The lowest BCUT2D eigenvalue weighted by Crippen LogP contribution is -2.51. The molecule has 0 bridgehead atoms. The standard InChI is InChI=1S/C14H21N3O4/c18-12-7(2-1-3-15-12)5-10(14(20)21)17-13(19)11-9-4-8(9)6-16-11/h7-11,16H,1-6H2,(H,15,18)(H,17,19)(H,20,21)/t7-,8-,9-,10-,11-/m0/s1. The Labute approximate surface area is 122 Å². The van der Waals surface area contributed by atoms with E-state index >= 15 is 0 Å². The first kappa shape index (κ1) is 14.3. The molecule has 0 aromatic heterocycles. The van der Waals surface area contributed by atoms with Crippen molar-refractivity contribution >= 4 is 17.8 Å². The largest absolute Gasteiger partial charge is 0.480 e. The molecule has 4 N–H and O–H groups in total. The van der Waals surface area contributed by atoms with Gasteiger partial charge >= 0.3 is 5.97 Å². The van der Waals surface area contributed by atoms with Gasteiger partial charge in [-0.1, -0.05) is 0 Å². The minimum atomic E-state index is -1.08. The topological polar surface area (TPSA) is 108 Å².